The number of Topliss-reactive ketones (excluding diaryl/α,β-unsaturated/α-hetero) is 1. The summed E-state index contributed by atoms with van der Waals surface area (Å²) in [4.78, 5) is 11.6. The molecule has 0 amide bonds. The van der Waals surface area contributed by atoms with E-state index >= 15 is 0 Å². The lowest BCUT2D eigenvalue weighted by molar-refractivity contribution is -0.138. The summed E-state index contributed by atoms with van der Waals surface area (Å²) in [5.41, 5.74) is -3.28. The van der Waals surface area contributed by atoms with Crippen molar-refractivity contribution in [3.63, 3.8) is 0 Å². The van der Waals surface area contributed by atoms with E-state index in [0.717, 1.165) is 48.5 Å². The van der Waals surface area contributed by atoms with Crippen LogP contribution in [0.3, 0.4) is 0 Å². The molecular weight excluding hydrogens is 785 g/mol. The molecule has 0 saturated carbocycles. The smallest absolute Gasteiger partial charge is 0.289 e. The molecule has 0 atom stereocenters. The number of nitriles is 1. The second kappa shape index (κ2) is 16.0. The molecule has 0 aliphatic heterocycles. The topological polar surface area (TPSA) is 57.9 Å². The van der Waals surface area contributed by atoms with Gasteiger partial charge >= 0.3 is 24.7 Å². The van der Waals surface area contributed by atoms with Gasteiger partial charge in [0, 0.05) is 5.56 Å². The van der Waals surface area contributed by atoms with E-state index in [1.807, 2.05) is 6.07 Å². The third kappa shape index (κ3) is 10.3. The van der Waals surface area contributed by atoms with E-state index in [4.69, 9.17) is 5.26 Å². The molecule has 0 saturated heterocycles. The lowest BCUT2D eigenvalue weighted by atomic mass is 9.13. The molecular formula is C39H28BF12NO2S. The molecule has 17 heteroatoms. The monoisotopic (exact) mass is 813 g/mol. The Morgan fingerprint density at radius 1 is 0.500 bits per heavy atom. The van der Waals surface area contributed by atoms with Crippen molar-refractivity contribution in [1.82, 2.24) is 0 Å². The first-order valence-electron chi connectivity index (χ1n) is 16.1. The van der Waals surface area contributed by atoms with Crippen LogP contribution in [0.15, 0.2) is 121 Å². The fraction of sp³-hybridized carbons (Fsp3) is 0.179. The van der Waals surface area contributed by atoms with Gasteiger partial charge in [-0.2, -0.15) is 79.8 Å². The molecule has 0 heterocycles. The predicted molar refractivity (Wildman–Crippen MR) is 190 cm³/mol. The van der Waals surface area contributed by atoms with Gasteiger partial charge in [-0.15, -0.1) is 4.21 Å². The molecule has 0 bridgehead atoms. The Morgan fingerprint density at radius 3 is 0.946 bits per heavy atom. The van der Waals surface area contributed by atoms with E-state index in [-0.39, 0.29) is 33.4 Å². The van der Waals surface area contributed by atoms with Crippen molar-refractivity contribution >= 4 is 43.7 Å². The molecule has 5 aromatic rings. The first-order chi connectivity index (χ1) is 25.8. The third-order valence-electron chi connectivity index (χ3n) is 8.77. The highest BCUT2D eigenvalue weighted by atomic mass is 32.2. The van der Waals surface area contributed by atoms with Gasteiger partial charge in [0.2, 0.25) is 5.78 Å². The second-order valence-corrected chi connectivity index (χ2v) is 16.2. The minimum Gasteiger partial charge on any atom is -0.289 e. The average molecular weight is 814 g/mol. The van der Waals surface area contributed by atoms with Crippen LogP contribution in [0.1, 0.15) is 38.2 Å². The van der Waals surface area contributed by atoms with E-state index < -0.39 is 63.0 Å². The number of carbonyl (C=O) groups excluding carboxylic acids is 1. The number of halogens is 12. The Bertz CT molecular complexity index is 1980. The van der Waals surface area contributed by atoms with Gasteiger partial charge < -0.3 is 0 Å². The molecule has 0 radical (unpaired) electrons. The van der Waals surface area contributed by atoms with Crippen LogP contribution in [0, 0.1) is 11.3 Å². The molecule has 56 heavy (non-hydrogen) atoms. The van der Waals surface area contributed by atoms with Crippen molar-refractivity contribution in [3.05, 3.63) is 155 Å². The molecule has 0 aliphatic rings. The number of nitrogens with zero attached hydrogens (tertiary/aromatic N) is 1. The molecule has 3 nitrogen and oxygen atoms in total. The molecule has 0 aliphatic carbocycles. The fourth-order valence-corrected chi connectivity index (χ4v) is 6.93. The van der Waals surface area contributed by atoms with Crippen LogP contribution in [-0.2, 0) is 38.8 Å². The highest BCUT2D eigenvalue weighted by Crippen LogP contribution is 2.32. The van der Waals surface area contributed by atoms with E-state index in [1.165, 1.54) is 0 Å². The number of alkyl halides is 12. The largest absolute Gasteiger partial charge is 0.416 e. The van der Waals surface area contributed by atoms with Crippen molar-refractivity contribution in [3.8, 4) is 6.07 Å². The summed E-state index contributed by atoms with van der Waals surface area (Å²) in [7, 11) is -2.05. The van der Waals surface area contributed by atoms with Crippen LogP contribution in [0.25, 0.3) is 0 Å². The van der Waals surface area contributed by atoms with Gasteiger partial charge in [-0.3, -0.25) is 4.79 Å². The van der Waals surface area contributed by atoms with Gasteiger partial charge in [0.1, 0.15) is 18.7 Å². The Balaban J connectivity index is 0.000000389. The Hall–Kier alpha value is -5.37. The zero-order chi connectivity index (χ0) is 41.9. The number of ketones is 1. The van der Waals surface area contributed by atoms with Crippen molar-refractivity contribution in [2.75, 3.05) is 18.3 Å². The normalized spacial score (nSPS) is 12.7. The minimum atomic E-state index is -4.77. The van der Waals surface area contributed by atoms with Crippen molar-refractivity contribution < 1.29 is 61.7 Å². The SMILES string of the molecule is C[S+](C)(=O)CC(=O)c1ccc(C#N)cc1.FC(F)(F)c1ccc([B-](c2ccc(C(F)(F)F)cc2)(c2ccc(C(F)(F)F)cc2)c2ccc(C(F)(F)F)cc2)cc1. The van der Waals surface area contributed by atoms with Gasteiger partial charge in [0.15, 0.2) is 5.75 Å². The lowest BCUT2D eigenvalue weighted by Gasteiger charge is -2.44. The minimum absolute atomic E-state index is 0.0114. The average Bonchev–Trinajstić information content (AvgIpc) is 3.11. The first-order valence-corrected chi connectivity index (χ1v) is 18.6. The maximum atomic E-state index is 13.3. The highest BCUT2D eigenvalue weighted by Gasteiger charge is 2.38. The maximum Gasteiger partial charge on any atom is 0.416 e. The molecule has 0 N–H and O–H groups in total. The van der Waals surface area contributed by atoms with Crippen molar-refractivity contribution in [2.24, 2.45) is 0 Å². The summed E-state index contributed by atoms with van der Waals surface area (Å²) in [6.45, 7) is 0. The lowest BCUT2D eigenvalue weighted by Crippen LogP contribution is -2.74. The quantitative estimate of drug-likeness (QED) is 0.0716. The predicted octanol–water partition coefficient (Wildman–Crippen LogP) is 8.64. The van der Waals surface area contributed by atoms with Gasteiger partial charge in [-0.25, -0.2) is 0 Å². The summed E-state index contributed by atoms with van der Waals surface area (Å²) in [5, 5.41) is 8.57. The Kier molecular flexibility index (Phi) is 12.4. The van der Waals surface area contributed by atoms with Gasteiger partial charge in [0.25, 0.3) is 0 Å². The Labute approximate surface area is 313 Å². The van der Waals surface area contributed by atoms with Crippen LogP contribution in [0.5, 0.6) is 0 Å². The number of hydrogen-bond donors (Lipinski definition) is 0. The first kappa shape index (κ1) is 43.4. The molecule has 5 rings (SSSR count). The van der Waals surface area contributed by atoms with E-state index in [9.17, 15) is 61.7 Å². The molecule has 0 unspecified atom stereocenters. The van der Waals surface area contributed by atoms with Crippen molar-refractivity contribution in [2.45, 2.75) is 24.7 Å². The fourth-order valence-electron chi connectivity index (χ4n) is 6.13. The zero-order valence-electron chi connectivity index (χ0n) is 29.0. The van der Waals surface area contributed by atoms with E-state index in [1.54, 1.807) is 36.8 Å². The second-order valence-electron chi connectivity index (χ2n) is 13.0. The highest BCUT2D eigenvalue weighted by molar-refractivity contribution is 8.02. The molecule has 0 fully saturated rings. The Morgan fingerprint density at radius 2 is 0.750 bits per heavy atom. The van der Waals surface area contributed by atoms with Crippen LogP contribution >= 0.6 is 0 Å². The third-order valence-corrected chi connectivity index (χ3v) is 9.72. The van der Waals surface area contributed by atoms with Crippen LogP contribution in [0.4, 0.5) is 52.7 Å². The summed E-state index contributed by atoms with van der Waals surface area (Å²) in [5.74, 6) is -0.0895. The summed E-state index contributed by atoms with van der Waals surface area (Å²) >= 11 is 0. The molecule has 294 valence electrons. The van der Waals surface area contributed by atoms with Gasteiger partial charge in [-0.05, 0) is 24.3 Å². The van der Waals surface area contributed by atoms with Crippen molar-refractivity contribution in [1.29, 1.82) is 5.26 Å². The van der Waals surface area contributed by atoms with E-state index in [0.29, 0.717) is 59.7 Å². The number of benzene rings is 5. The summed E-state index contributed by atoms with van der Waals surface area (Å²) in [6, 6.07) is 21.9. The standard InChI is InChI=1S/C28H16BF12.C11H12NO2S/c30-25(31,32)17-1-9-21(10-2-17)29(22-11-3-18(4-12-22)26(33,34)35,23-13-5-19(6-14-23)27(36,37)38)24-15-7-20(8-16-24)28(39,40)41;1-15(2,14)8-11(13)10-5-3-9(7-12)4-6-10/h1-16H;3-6H,8H2,1-2H3/q-1;+1. The molecule has 0 aromatic heterocycles. The number of hydrogen-bond acceptors (Lipinski definition) is 3. The van der Waals surface area contributed by atoms with Gasteiger partial charge in [0.05, 0.1) is 43.8 Å². The van der Waals surface area contributed by atoms with Gasteiger partial charge in [-0.1, -0.05) is 97.1 Å². The molecule has 0 spiro atoms. The van der Waals surface area contributed by atoms with Crippen LogP contribution < -0.4 is 21.9 Å². The summed E-state index contributed by atoms with van der Waals surface area (Å²) < 4.78 is 171. The zero-order valence-corrected chi connectivity index (χ0v) is 29.9. The number of carbonyl (C=O) groups is 1. The molecule has 5 aromatic carbocycles. The van der Waals surface area contributed by atoms with Crippen LogP contribution in [-0.4, -0.2) is 30.2 Å². The number of rotatable bonds is 7. The van der Waals surface area contributed by atoms with E-state index in [2.05, 4.69) is 0 Å². The summed E-state index contributed by atoms with van der Waals surface area (Å²) in [6.07, 6.45) is -18.9. The maximum absolute atomic E-state index is 13.3. The van der Waals surface area contributed by atoms with Crippen LogP contribution in [0.2, 0.25) is 0 Å².